The summed E-state index contributed by atoms with van der Waals surface area (Å²) in [5.74, 6) is 1.56. The highest BCUT2D eigenvalue weighted by molar-refractivity contribution is 6.30. The fourth-order valence-corrected chi connectivity index (χ4v) is 2.93. The van der Waals surface area contributed by atoms with Crippen LogP contribution in [0.5, 0.6) is 11.5 Å². The number of para-hydroxylation sites is 1. The van der Waals surface area contributed by atoms with Crippen molar-refractivity contribution in [3.63, 3.8) is 0 Å². The van der Waals surface area contributed by atoms with Crippen LogP contribution in [-0.4, -0.2) is 6.61 Å². The molecule has 0 fully saturated rings. The molecule has 0 unspecified atom stereocenters. The largest absolute Gasteiger partial charge is 0.490 e. The first-order chi connectivity index (χ1) is 13.3. The molecular weight excluding hydrogens is 393 g/mol. The number of benzene rings is 3. The quantitative estimate of drug-likeness (QED) is 0.460. The van der Waals surface area contributed by atoms with E-state index in [1.54, 1.807) is 0 Å². The molecule has 0 heterocycles. The Hall–Kier alpha value is -2.20. The highest BCUT2D eigenvalue weighted by Crippen LogP contribution is 2.32. The molecule has 0 aromatic heterocycles. The summed E-state index contributed by atoms with van der Waals surface area (Å²) in [6, 6.07) is 24.0. The van der Waals surface area contributed by atoms with E-state index < -0.39 is 0 Å². The Labute approximate surface area is 178 Å². The van der Waals surface area contributed by atoms with Gasteiger partial charge < -0.3 is 14.8 Å². The molecule has 0 radical (unpaired) electrons. The molecule has 0 aliphatic heterocycles. The predicted octanol–water partition coefficient (Wildman–Crippen LogP) is 6.03. The zero-order chi connectivity index (χ0) is 18.9. The lowest BCUT2D eigenvalue weighted by Gasteiger charge is -2.16. The molecule has 0 amide bonds. The summed E-state index contributed by atoms with van der Waals surface area (Å²) in [5.41, 5.74) is 3.39. The topological polar surface area (TPSA) is 30.5 Å². The maximum absolute atomic E-state index is 6.14. The number of rotatable bonds is 9. The molecule has 3 aromatic carbocycles. The Morgan fingerprint density at radius 3 is 2.25 bits per heavy atom. The molecule has 1 N–H and O–H groups in total. The van der Waals surface area contributed by atoms with E-state index >= 15 is 0 Å². The third-order valence-electron chi connectivity index (χ3n) is 4.14. The molecule has 0 aliphatic rings. The van der Waals surface area contributed by atoms with Crippen LogP contribution in [0.3, 0.4) is 0 Å². The van der Waals surface area contributed by atoms with Crippen molar-refractivity contribution in [3.8, 4) is 11.5 Å². The maximum Gasteiger partial charge on any atom is 0.166 e. The van der Waals surface area contributed by atoms with Crippen molar-refractivity contribution in [1.82, 2.24) is 5.32 Å². The fourth-order valence-electron chi connectivity index (χ4n) is 2.81. The van der Waals surface area contributed by atoms with Gasteiger partial charge in [0.25, 0.3) is 0 Å². The van der Waals surface area contributed by atoms with Gasteiger partial charge in [-0.25, -0.2) is 0 Å². The molecule has 0 aliphatic carbocycles. The number of halogens is 2. The standard InChI is InChI=1S/C23H24ClNO2.ClH/c1-2-26-22-10-6-9-20(16-25-15-18-7-4-3-5-8-18)23(22)27-17-19-11-13-21(24)14-12-19;/h3-14,25H,2,15-17H2,1H3;1H. The summed E-state index contributed by atoms with van der Waals surface area (Å²) in [6.45, 7) is 4.54. The highest BCUT2D eigenvalue weighted by atomic mass is 35.5. The van der Waals surface area contributed by atoms with Gasteiger partial charge in [-0.1, -0.05) is 66.2 Å². The van der Waals surface area contributed by atoms with Crippen LogP contribution in [0.1, 0.15) is 23.6 Å². The third kappa shape index (κ3) is 6.45. The van der Waals surface area contributed by atoms with Crippen molar-refractivity contribution in [3.05, 3.63) is 94.5 Å². The van der Waals surface area contributed by atoms with Gasteiger partial charge in [-0.2, -0.15) is 0 Å². The first kappa shape index (κ1) is 22.1. The Balaban J connectivity index is 0.00000280. The average molecular weight is 418 g/mol. The van der Waals surface area contributed by atoms with Crippen molar-refractivity contribution >= 4 is 24.0 Å². The molecule has 3 rings (SSSR count). The zero-order valence-corrected chi connectivity index (χ0v) is 17.4. The molecular formula is C23H25Cl2NO2. The van der Waals surface area contributed by atoms with E-state index in [0.717, 1.165) is 34.2 Å². The molecule has 28 heavy (non-hydrogen) atoms. The molecule has 0 bridgehead atoms. The lowest BCUT2D eigenvalue weighted by atomic mass is 10.1. The number of hydrogen-bond acceptors (Lipinski definition) is 3. The van der Waals surface area contributed by atoms with Gasteiger partial charge in [0.1, 0.15) is 6.61 Å². The highest BCUT2D eigenvalue weighted by Gasteiger charge is 2.11. The lowest BCUT2D eigenvalue weighted by Crippen LogP contribution is -2.14. The van der Waals surface area contributed by atoms with E-state index in [9.17, 15) is 0 Å². The van der Waals surface area contributed by atoms with Crippen LogP contribution in [-0.2, 0) is 19.7 Å². The minimum Gasteiger partial charge on any atom is -0.490 e. The van der Waals surface area contributed by atoms with Crippen molar-refractivity contribution in [2.75, 3.05) is 6.61 Å². The predicted molar refractivity (Wildman–Crippen MR) is 118 cm³/mol. The van der Waals surface area contributed by atoms with Crippen LogP contribution < -0.4 is 14.8 Å². The van der Waals surface area contributed by atoms with E-state index in [1.165, 1.54) is 5.56 Å². The van der Waals surface area contributed by atoms with Crippen molar-refractivity contribution in [2.24, 2.45) is 0 Å². The van der Waals surface area contributed by atoms with Crippen molar-refractivity contribution < 1.29 is 9.47 Å². The van der Waals surface area contributed by atoms with Gasteiger partial charge in [-0.3, -0.25) is 0 Å². The molecule has 3 nitrogen and oxygen atoms in total. The monoisotopic (exact) mass is 417 g/mol. The van der Waals surface area contributed by atoms with Gasteiger partial charge in [0, 0.05) is 23.7 Å². The van der Waals surface area contributed by atoms with Gasteiger partial charge in [-0.05, 0) is 36.2 Å². The summed E-state index contributed by atoms with van der Waals surface area (Å²) in [6.07, 6.45) is 0. The minimum absolute atomic E-state index is 0. The summed E-state index contributed by atoms with van der Waals surface area (Å²) >= 11 is 5.96. The number of nitrogens with one attached hydrogen (secondary N) is 1. The minimum atomic E-state index is 0. The van der Waals surface area contributed by atoms with Crippen LogP contribution in [0.15, 0.2) is 72.8 Å². The molecule has 3 aromatic rings. The fraction of sp³-hybridized carbons (Fsp3) is 0.217. The third-order valence-corrected chi connectivity index (χ3v) is 4.40. The van der Waals surface area contributed by atoms with E-state index in [2.05, 4.69) is 23.5 Å². The van der Waals surface area contributed by atoms with Gasteiger partial charge in [-0.15, -0.1) is 12.4 Å². The van der Waals surface area contributed by atoms with Gasteiger partial charge in [0.2, 0.25) is 0 Å². The summed E-state index contributed by atoms with van der Waals surface area (Å²) in [5, 5.41) is 4.20. The van der Waals surface area contributed by atoms with E-state index in [4.69, 9.17) is 21.1 Å². The molecule has 0 spiro atoms. The van der Waals surface area contributed by atoms with Crippen molar-refractivity contribution in [1.29, 1.82) is 0 Å². The Kier molecular flexibility index (Phi) is 9.15. The van der Waals surface area contributed by atoms with Crippen LogP contribution in [0.25, 0.3) is 0 Å². The smallest absolute Gasteiger partial charge is 0.166 e. The molecule has 0 saturated carbocycles. The Morgan fingerprint density at radius 1 is 0.786 bits per heavy atom. The van der Waals surface area contributed by atoms with E-state index in [-0.39, 0.29) is 12.4 Å². The zero-order valence-electron chi connectivity index (χ0n) is 15.9. The first-order valence-electron chi connectivity index (χ1n) is 9.13. The molecule has 5 heteroatoms. The van der Waals surface area contributed by atoms with Gasteiger partial charge in [0.05, 0.1) is 6.61 Å². The average Bonchev–Trinajstić information content (AvgIpc) is 2.70. The van der Waals surface area contributed by atoms with Crippen LogP contribution in [0.4, 0.5) is 0 Å². The second kappa shape index (κ2) is 11.6. The molecule has 148 valence electrons. The van der Waals surface area contributed by atoms with Gasteiger partial charge >= 0.3 is 0 Å². The number of ether oxygens (including phenoxy) is 2. The first-order valence-corrected chi connectivity index (χ1v) is 9.50. The van der Waals surface area contributed by atoms with Crippen molar-refractivity contribution in [2.45, 2.75) is 26.6 Å². The van der Waals surface area contributed by atoms with E-state index in [1.807, 2.05) is 61.5 Å². The molecule has 0 atom stereocenters. The van der Waals surface area contributed by atoms with Crippen LogP contribution in [0, 0.1) is 0 Å². The Morgan fingerprint density at radius 2 is 1.54 bits per heavy atom. The SMILES string of the molecule is CCOc1cccc(CNCc2ccccc2)c1OCc1ccc(Cl)cc1.Cl. The second-order valence-corrected chi connectivity index (χ2v) is 6.62. The number of hydrogen-bond donors (Lipinski definition) is 1. The Bertz CT molecular complexity index is 839. The maximum atomic E-state index is 6.14. The summed E-state index contributed by atoms with van der Waals surface area (Å²) in [7, 11) is 0. The van der Waals surface area contributed by atoms with Crippen LogP contribution in [0.2, 0.25) is 5.02 Å². The summed E-state index contributed by atoms with van der Waals surface area (Å²) < 4.78 is 11.9. The molecule has 0 saturated heterocycles. The normalized spacial score (nSPS) is 10.2. The summed E-state index contributed by atoms with van der Waals surface area (Å²) in [4.78, 5) is 0. The lowest BCUT2D eigenvalue weighted by molar-refractivity contribution is 0.266. The van der Waals surface area contributed by atoms with Crippen LogP contribution >= 0.6 is 24.0 Å². The van der Waals surface area contributed by atoms with Gasteiger partial charge in [0.15, 0.2) is 11.5 Å². The second-order valence-electron chi connectivity index (χ2n) is 6.18. The van der Waals surface area contributed by atoms with E-state index in [0.29, 0.717) is 19.8 Å².